The number of hydrogen-bond acceptors (Lipinski definition) is 2. The van der Waals surface area contributed by atoms with Crippen LogP contribution in [0.4, 0.5) is 0 Å². The Hall–Kier alpha value is -1.79. The van der Waals surface area contributed by atoms with Crippen molar-refractivity contribution in [2.75, 3.05) is 7.05 Å². The molecule has 0 radical (unpaired) electrons. The summed E-state index contributed by atoms with van der Waals surface area (Å²) in [5, 5.41) is 13.1. The molecular formula is C14H17N3. The number of nitrogens with zero attached hydrogens (tertiary/aromatic N) is 2. The molecular weight excluding hydrogens is 210 g/mol. The van der Waals surface area contributed by atoms with Gasteiger partial charge in [-0.05, 0) is 25.1 Å². The Morgan fingerprint density at radius 2 is 2.18 bits per heavy atom. The molecule has 3 heteroatoms. The molecule has 0 aliphatic rings. The second kappa shape index (κ2) is 5.51. The summed E-state index contributed by atoms with van der Waals surface area (Å²) in [5.41, 5.74) is 2.58. The topological polar surface area (TPSA) is 40.8 Å². The van der Waals surface area contributed by atoms with Crippen LogP contribution in [0.1, 0.15) is 18.4 Å². The molecule has 0 bridgehead atoms. The van der Waals surface area contributed by atoms with Crippen LogP contribution in [0.25, 0.3) is 10.9 Å². The fraction of sp³-hybridized carbons (Fsp3) is 0.357. The van der Waals surface area contributed by atoms with Crippen molar-refractivity contribution < 1.29 is 0 Å². The Kier molecular flexibility index (Phi) is 3.79. The fourth-order valence-electron chi connectivity index (χ4n) is 2.17. The number of aromatic nitrogens is 1. The minimum Gasteiger partial charge on any atom is -0.347 e. The van der Waals surface area contributed by atoms with Crippen molar-refractivity contribution in [1.82, 2.24) is 9.88 Å². The van der Waals surface area contributed by atoms with Gasteiger partial charge in [-0.25, -0.2) is 0 Å². The highest BCUT2D eigenvalue weighted by atomic mass is 15.0. The van der Waals surface area contributed by atoms with Crippen molar-refractivity contribution in [2.24, 2.45) is 0 Å². The van der Waals surface area contributed by atoms with Crippen LogP contribution in [0.15, 0.2) is 30.5 Å². The Morgan fingerprint density at radius 1 is 1.35 bits per heavy atom. The summed E-state index contributed by atoms with van der Waals surface area (Å²) in [7, 11) is 1.96. The lowest BCUT2D eigenvalue weighted by Gasteiger charge is -2.02. The first kappa shape index (κ1) is 11.7. The van der Waals surface area contributed by atoms with Crippen molar-refractivity contribution in [1.29, 1.82) is 5.26 Å². The van der Waals surface area contributed by atoms with Gasteiger partial charge in [0.15, 0.2) is 0 Å². The van der Waals surface area contributed by atoms with E-state index in [4.69, 9.17) is 5.26 Å². The second-order valence-corrected chi connectivity index (χ2v) is 4.16. The Labute approximate surface area is 102 Å². The Morgan fingerprint density at radius 3 is 2.94 bits per heavy atom. The van der Waals surface area contributed by atoms with Crippen LogP contribution in [0.2, 0.25) is 0 Å². The van der Waals surface area contributed by atoms with Crippen molar-refractivity contribution in [3.8, 4) is 6.07 Å². The van der Waals surface area contributed by atoms with Gasteiger partial charge >= 0.3 is 0 Å². The van der Waals surface area contributed by atoms with Crippen LogP contribution in [0.5, 0.6) is 0 Å². The second-order valence-electron chi connectivity index (χ2n) is 4.16. The first-order valence-corrected chi connectivity index (χ1v) is 5.95. The van der Waals surface area contributed by atoms with Crippen LogP contribution in [-0.4, -0.2) is 11.6 Å². The number of para-hydroxylation sites is 1. The predicted molar refractivity (Wildman–Crippen MR) is 69.5 cm³/mol. The van der Waals surface area contributed by atoms with Gasteiger partial charge in [-0.2, -0.15) is 5.26 Å². The molecule has 88 valence electrons. The molecule has 0 aliphatic carbocycles. The molecule has 2 rings (SSSR count). The number of nitriles is 1. The fourth-order valence-corrected chi connectivity index (χ4v) is 2.17. The lowest BCUT2D eigenvalue weighted by atomic mass is 10.2. The normalized spacial score (nSPS) is 10.6. The van der Waals surface area contributed by atoms with E-state index in [1.165, 1.54) is 16.5 Å². The van der Waals surface area contributed by atoms with Gasteiger partial charge in [0.2, 0.25) is 0 Å². The number of nitrogens with one attached hydrogen (secondary N) is 1. The molecule has 0 fully saturated rings. The van der Waals surface area contributed by atoms with E-state index in [0.717, 1.165) is 19.5 Å². The molecule has 0 spiro atoms. The van der Waals surface area contributed by atoms with Gasteiger partial charge < -0.3 is 9.88 Å². The van der Waals surface area contributed by atoms with E-state index in [9.17, 15) is 0 Å². The molecule has 1 heterocycles. The lowest BCUT2D eigenvalue weighted by Crippen LogP contribution is -2.04. The number of unbranched alkanes of at least 4 members (excludes halogenated alkanes) is 1. The van der Waals surface area contributed by atoms with E-state index in [0.29, 0.717) is 6.42 Å². The van der Waals surface area contributed by atoms with Crippen molar-refractivity contribution in [3.05, 3.63) is 36.0 Å². The van der Waals surface area contributed by atoms with Gasteiger partial charge in [0.25, 0.3) is 0 Å². The van der Waals surface area contributed by atoms with Gasteiger partial charge in [0.1, 0.15) is 0 Å². The van der Waals surface area contributed by atoms with Crippen molar-refractivity contribution >= 4 is 10.9 Å². The number of aryl methyl sites for hydroxylation is 1. The molecule has 0 saturated heterocycles. The standard InChI is InChI=1S/C14H17N3/c1-16-10-12-11-17(9-5-4-8-15)14-7-3-2-6-13(12)14/h2-3,6-7,11,16H,4-5,9-10H2,1H3. The largest absolute Gasteiger partial charge is 0.347 e. The van der Waals surface area contributed by atoms with Crippen LogP contribution < -0.4 is 5.32 Å². The van der Waals surface area contributed by atoms with Crippen molar-refractivity contribution in [2.45, 2.75) is 25.9 Å². The van der Waals surface area contributed by atoms with Gasteiger partial charge in [-0.3, -0.25) is 0 Å². The molecule has 0 amide bonds. The maximum Gasteiger partial charge on any atom is 0.0622 e. The minimum absolute atomic E-state index is 0.619. The summed E-state index contributed by atoms with van der Waals surface area (Å²) < 4.78 is 2.25. The lowest BCUT2D eigenvalue weighted by molar-refractivity contribution is 0.670. The van der Waals surface area contributed by atoms with Gasteiger partial charge in [0, 0.05) is 36.6 Å². The molecule has 2 aromatic rings. The quantitative estimate of drug-likeness (QED) is 0.798. The van der Waals surface area contributed by atoms with E-state index in [1.807, 2.05) is 7.05 Å². The number of rotatable bonds is 5. The maximum absolute atomic E-state index is 8.58. The molecule has 0 aliphatic heterocycles. The zero-order valence-electron chi connectivity index (χ0n) is 10.1. The highest BCUT2D eigenvalue weighted by Gasteiger charge is 2.06. The maximum atomic E-state index is 8.58. The van der Waals surface area contributed by atoms with Crippen LogP contribution in [0.3, 0.4) is 0 Å². The molecule has 0 atom stereocenters. The molecule has 0 unspecified atom stereocenters. The minimum atomic E-state index is 0.619. The summed E-state index contributed by atoms with van der Waals surface area (Å²) >= 11 is 0. The smallest absolute Gasteiger partial charge is 0.0622 e. The van der Waals surface area contributed by atoms with Gasteiger partial charge in [-0.15, -0.1) is 0 Å². The monoisotopic (exact) mass is 227 g/mol. The van der Waals surface area contributed by atoms with E-state index in [-0.39, 0.29) is 0 Å². The highest BCUT2D eigenvalue weighted by molar-refractivity contribution is 5.83. The van der Waals surface area contributed by atoms with Crippen molar-refractivity contribution in [3.63, 3.8) is 0 Å². The predicted octanol–water partition coefficient (Wildman–Crippen LogP) is 2.66. The summed E-state index contributed by atoms with van der Waals surface area (Å²) in [6.07, 6.45) is 3.72. The van der Waals surface area contributed by atoms with Crippen LogP contribution >= 0.6 is 0 Å². The van der Waals surface area contributed by atoms with E-state index in [2.05, 4.69) is 46.4 Å². The van der Waals surface area contributed by atoms with E-state index in [1.54, 1.807) is 0 Å². The Bertz CT molecular complexity index is 534. The molecule has 3 nitrogen and oxygen atoms in total. The molecule has 1 N–H and O–H groups in total. The average molecular weight is 227 g/mol. The molecule has 1 aromatic carbocycles. The molecule has 1 aromatic heterocycles. The summed E-state index contributed by atoms with van der Waals surface area (Å²) in [4.78, 5) is 0. The Balaban J connectivity index is 2.32. The van der Waals surface area contributed by atoms with Crippen LogP contribution in [-0.2, 0) is 13.1 Å². The number of hydrogen-bond donors (Lipinski definition) is 1. The summed E-state index contributed by atoms with van der Waals surface area (Å²) in [6.45, 7) is 1.80. The van der Waals surface area contributed by atoms with Gasteiger partial charge in [-0.1, -0.05) is 18.2 Å². The highest BCUT2D eigenvalue weighted by Crippen LogP contribution is 2.21. The third-order valence-corrected chi connectivity index (χ3v) is 2.93. The van der Waals surface area contributed by atoms with E-state index < -0.39 is 0 Å². The zero-order valence-corrected chi connectivity index (χ0v) is 10.1. The SMILES string of the molecule is CNCc1cn(CCCC#N)c2ccccc12. The van der Waals surface area contributed by atoms with Crippen LogP contribution in [0, 0.1) is 11.3 Å². The molecule has 0 saturated carbocycles. The van der Waals surface area contributed by atoms with E-state index >= 15 is 0 Å². The number of benzene rings is 1. The molecule has 17 heavy (non-hydrogen) atoms. The summed E-state index contributed by atoms with van der Waals surface area (Å²) in [6, 6.07) is 10.6. The third-order valence-electron chi connectivity index (χ3n) is 2.93. The third kappa shape index (κ3) is 2.48. The first-order valence-electron chi connectivity index (χ1n) is 5.95. The zero-order chi connectivity index (χ0) is 12.1. The summed E-state index contributed by atoms with van der Waals surface area (Å²) in [5.74, 6) is 0. The first-order chi connectivity index (χ1) is 8.36. The van der Waals surface area contributed by atoms with Gasteiger partial charge in [0.05, 0.1) is 6.07 Å². The number of fused-ring (bicyclic) bond motifs is 1. The average Bonchev–Trinajstić information content (AvgIpc) is 2.70.